The van der Waals surface area contributed by atoms with Gasteiger partial charge in [0.05, 0.1) is 6.04 Å². The average Bonchev–Trinajstić information content (AvgIpc) is 2.75. The molecule has 28 heavy (non-hydrogen) atoms. The van der Waals surface area contributed by atoms with Gasteiger partial charge in [-0.15, -0.1) is 0 Å². The molecule has 0 N–H and O–H groups in total. The summed E-state index contributed by atoms with van der Waals surface area (Å²) in [6, 6.07) is 19.2. The maximum absolute atomic E-state index is 12.8. The number of benzene rings is 2. The average molecular weight is 379 g/mol. The molecule has 0 saturated carbocycles. The summed E-state index contributed by atoms with van der Waals surface area (Å²) >= 11 is 0. The molecule has 0 aliphatic carbocycles. The van der Waals surface area contributed by atoms with Crippen molar-refractivity contribution in [1.82, 2.24) is 4.90 Å². The van der Waals surface area contributed by atoms with Crippen LogP contribution in [0.4, 0.5) is 5.69 Å². The zero-order valence-corrected chi connectivity index (χ0v) is 17.4. The van der Waals surface area contributed by atoms with Crippen LogP contribution in [-0.2, 0) is 11.2 Å². The molecule has 0 spiro atoms. The van der Waals surface area contributed by atoms with E-state index in [1.54, 1.807) is 0 Å². The maximum Gasteiger partial charge on any atom is 0.226 e. The van der Waals surface area contributed by atoms with Crippen molar-refractivity contribution in [1.29, 1.82) is 0 Å². The number of rotatable bonds is 9. The van der Waals surface area contributed by atoms with Gasteiger partial charge in [-0.05, 0) is 42.6 Å². The number of carbonyl (C=O) groups is 1. The topological polar surface area (TPSA) is 23.6 Å². The molecule has 0 fully saturated rings. The van der Waals surface area contributed by atoms with Gasteiger partial charge in [0.1, 0.15) is 0 Å². The Kier molecular flexibility index (Phi) is 7.67. The van der Waals surface area contributed by atoms with Crippen LogP contribution in [-0.4, -0.2) is 30.4 Å². The van der Waals surface area contributed by atoms with Gasteiger partial charge in [0.25, 0.3) is 0 Å². The van der Waals surface area contributed by atoms with Crippen molar-refractivity contribution >= 4 is 11.6 Å². The second-order valence-electron chi connectivity index (χ2n) is 7.75. The Labute approximate surface area is 170 Å². The van der Waals surface area contributed by atoms with E-state index in [2.05, 4.69) is 36.1 Å². The fourth-order valence-electron chi connectivity index (χ4n) is 4.25. The highest BCUT2D eigenvalue weighted by Crippen LogP contribution is 2.32. The second-order valence-corrected chi connectivity index (χ2v) is 7.75. The van der Waals surface area contributed by atoms with Crippen molar-refractivity contribution < 1.29 is 4.79 Å². The van der Waals surface area contributed by atoms with Crippen LogP contribution >= 0.6 is 0 Å². The number of carbonyl (C=O) groups excluding carboxylic acids is 1. The zero-order chi connectivity index (χ0) is 19.8. The molecule has 0 bridgehead atoms. The predicted octanol–water partition coefficient (Wildman–Crippen LogP) is 5.61. The summed E-state index contributed by atoms with van der Waals surface area (Å²) in [6.07, 6.45) is 6.73. The van der Waals surface area contributed by atoms with Gasteiger partial charge in [-0.2, -0.15) is 0 Å². The number of para-hydroxylation sites is 1. The van der Waals surface area contributed by atoms with E-state index in [0.29, 0.717) is 6.42 Å². The smallest absolute Gasteiger partial charge is 0.226 e. The lowest BCUT2D eigenvalue weighted by Crippen LogP contribution is -2.44. The molecule has 3 rings (SSSR count). The molecule has 1 heterocycles. The van der Waals surface area contributed by atoms with Gasteiger partial charge in [-0.3, -0.25) is 9.69 Å². The number of fused-ring (bicyclic) bond motifs is 1. The zero-order valence-electron chi connectivity index (χ0n) is 17.4. The van der Waals surface area contributed by atoms with Crippen molar-refractivity contribution in [3.8, 4) is 0 Å². The first kappa shape index (κ1) is 20.6. The highest BCUT2D eigenvalue weighted by molar-refractivity contribution is 5.93. The summed E-state index contributed by atoms with van der Waals surface area (Å²) in [7, 11) is 0. The van der Waals surface area contributed by atoms with Gasteiger partial charge in [-0.1, -0.05) is 75.6 Å². The van der Waals surface area contributed by atoms with E-state index in [1.807, 2.05) is 42.2 Å². The Hall–Kier alpha value is -2.13. The molecule has 0 saturated heterocycles. The van der Waals surface area contributed by atoms with Crippen molar-refractivity contribution in [2.75, 3.05) is 24.5 Å². The van der Waals surface area contributed by atoms with E-state index in [4.69, 9.17) is 0 Å². The largest absolute Gasteiger partial charge is 0.311 e. The Morgan fingerprint density at radius 2 is 1.75 bits per heavy atom. The number of unbranched alkanes of at least 4 members (excludes halogenated alkanes) is 3. The molecule has 3 heteroatoms. The molecular formula is C25H34N2O. The Morgan fingerprint density at radius 1 is 1.00 bits per heavy atom. The van der Waals surface area contributed by atoms with E-state index in [0.717, 1.165) is 31.7 Å². The van der Waals surface area contributed by atoms with Crippen LogP contribution in [0.1, 0.15) is 63.1 Å². The number of hydrogen-bond acceptors (Lipinski definition) is 2. The van der Waals surface area contributed by atoms with Gasteiger partial charge >= 0.3 is 0 Å². The van der Waals surface area contributed by atoms with Crippen LogP contribution in [0, 0.1) is 0 Å². The predicted molar refractivity (Wildman–Crippen MR) is 118 cm³/mol. The number of nitrogens with zero attached hydrogens (tertiary/aromatic N) is 2. The van der Waals surface area contributed by atoms with E-state index in [9.17, 15) is 4.79 Å². The van der Waals surface area contributed by atoms with Crippen LogP contribution in [0.25, 0.3) is 0 Å². The van der Waals surface area contributed by atoms with Crippen LogP contribution in [0.15, 0.2) is 54.6 Å². The van der Waals surface area contributed by atoms with Crippen molar-refractivity contribution in [3.63, 3.8) is 0 Å². The third kappa shape index (κ3) is 5.02. The fourth-order valence-corrected chi connectivity index (χ4v) is 4.25. The van der Waals surface area contributed by atoms with Crippen molar-refractivity contribution in [2.45, 2.75) is 58.4 Å². The van der Waals surface area contributed by atoms with Crippen molar-refractivity contribution in [3.05, 3.63) is 65.7 Å². The van der Waals surface area contributed by atoms with Gasteiger partial charge in [0, 0.05) is 25.2 Å². The Balaban J connectivity index is 1.85. The van der Waals surface area contributed by atoms with E-state index in [-0.39, 0.29) is 11.9 Å². The fraction of sp³-hybridized carbons (Fsp3) is 0.480. The van der Waals surface area contributed by atoms with E-state index in [1.165, 1.54) is 36.8 Å². The van der Waals surface area contributed by atoms with Gasteiger partial charge in [0.15, 0.2) is 0 Å². The van der Waals surface area contributed by atoms with Gasteiger partial charge in [0.2, 0.25) is 5.91 Å². The molecule has 3 nitrogen and oxygen atoms in total. The third-order valence-corrected chi connectivity index (χ3v) is 5.85. The van der Waals surface area contributed by atoms with Crippen LogP contribution in [0.3, 0.4) is 0 Å². The minimum Gasteiger partial charge on any atom is -0.311 e. The second kappa shape index (κ2) is 10.4. The monoisotopic (exact) mass is 378 g/mol. The molecule has 0 aromatic heterocycles. The summed E-state index contributed by atoms with van der Waals surface area (Å²) in [5.74, 6) is 0.195. The molecule has 1 aliphatic heterocycles. The molecule has 1 aliphatic rings. The Morgan fingerprint density at radius 3 is 2.50 bits per heavy atom. The van der Waals surface area contributed by atoms with Crippen LogP contribution < -0.4 is 4.90 Å². The summed E-state index contributed by atoms with van der Waals surface area (Å²) in [5.41, 5.74) is 3.84. The summed E-state index contributed by atoms with van der Waals surface area (Å²) in [5, 5.41) is 0. The molecule has 1 atom stereocenters. The summed E-state index contributed by atoms with van der Waals surface area (Å²) < 4.78 is 0. The quantitative estimate of drug-likeness (QED) is 0.530. The lowest BCUT2D eigenvalue weighted by Gasteiger charge is -2.40. The summed E-state index contributed by atoms with van der Waals surface area (Å²) in [6.45, 7) is 7.13. The molecule has 1 amide bonds. The molecule has 1 unspecified atom stereocenters. The Bertz CT molecular complexity index is 743. The lowest BCUT2D eigenvalue weighted by molar-refractivity contribution is -0.118. The number of amides is 1. The van der Waals surface area contributed by atoms with Crippen LogP contribution in [0.2, 0.25) is 0 Å². The first-order valence-electron chi connectivity index (χ1n) is 10.9. The van der Waals surface area contributed by atoms with Crippen molar-refractivity contribution in [2.24, 2.45) is 0 Å². The normalized spacial score (nSPS) is 16.6. The van der Waals surface area contributed by atoms with E-state index >= 15 is 0 Å². The third-order valence-electron chi connectivity index (χ3n) is 5.85. The SMILES string of the molecule is CCCCCCN1CCc2ccccc2C1CN(C(=O)CC)c1ccccc1. The number of anilines is 1. The maximum atomic E-state index is 12.8. The minimum atomic E-state index is 0.195. The molecular weight excluding hydrogens is 344 g/mol. The molecule has 2 aromatic carbocycles. The molecule has 2 aromatic rings. The van der Waals surface area contributed by atoms with E-state index < -0.39 is 0 Å². The first-order chi connectivity index (χ1) is 13.7. The number of hydrogen-bond donors (Lipinski definition) is 0. The molecule has 150 valence electrons. The highest BCUT2D eigenvalue weighted by Gasteiger charge is 2.30. The standard InChI is InChI=1S/C25H34N2O/c1-3-5-6-12-18-26-19-17-21-13-10-11-16-23(21)24(26)20-27(25(28)4-2)22-14-8-7-9-15-22/h7-11,13-16,24H,3-6,12,17-20H2,1-2H3. The van der Waals surface area contributed by atoms with Crippen LogP contribution in [0.5, 0.6) is 0 Å². The highest BCUT2D eigenvalue weighted by atomic mass is 16.2. The first-order valence-corrected chi connectivity index (χ1v) is 10.9. The van der Waals surface area contributed by atoms with Gasteiger partial charge < -0.3 is 4.90 Å². The van der Waals surface area contributed by atoms with Gasteiger partial charge in [-0.25, -0.2) is 0 Å². The minimum absolute atomic E-state index is 0.195. The molecule has 0 radical (unpaired) electrons. The lowest BCUT2D eigenvalue weighted by atomic mass is 9.91. The summed E-state index contributed by atoms with van der Waals surface area (Å²) in [4.78, 5) is 17.4.